The summed E-state index contributed by atoms with van der Waals surface area (Å²) in [5.41, 5.74) is 5.10. The molecular weight excluding hydrogens is 578 g/mol. The van der Waals surface area contributed by atoms with Crippen molar-refractivity contribution in [1.29, 1.82) is 0 Å². The Morgan fingerprint density at radius 3 is 2.49 bits per heavy atom. The number of fused-ring (bicyclic) bond motifs is 4. The molecule has 0 bridgehead atoms. The van der Waals surface area contributed by atoms with Crippen LogP contribution in [0.1, 0.15) is 0 Å². The average Bonchev–Trinajstić information content (AvgIpc) is 3.34. The van der Waals surface area contributed by atoms with Crippen molar-refractivity contribution in [1.82, 2.24) is 9.97 Å². The Balaban J connectivity index is 1.42. The van der Waals surface area contributed by atoms with Crippen LogP contribution >= 0.6 is 0 Å². The highest BCUT2D eigenvalue weighted by Gasteiger charge is 2.43. The minimum atomic E-state index is -3.47. The maximum Gasteiger partial charge on any atom is 0.229 e. The Morgan fingerprint density at radius 1 is 0.977 bits per heavy atom. The van der Waals surface area contributed by atoms with Crippen LogP contribution in [0.15, 0.2) is 60.7 Å². The van der Waals surface area contributed by atoms with Crippen molar-refractivity contribution >= 4 is 65.6 Å². The molecule has 1 aliphatic rings. The summed E-state index contributed by atoms with van der Waals surface area (Å²) in [6, 6.07) is 18.0. The Bertz CT molecular complexity index is 1930. The molecule has 0 amide bonds. The molecule has 1 fully saturated rings. The molecule has 6 rings (SSSR count). The quantitative estimate of drug-likeness (QED) is 0.128. The van der Waals surface area contributed by atoms with Crippen LogP contribution in [0.2, 0.25) is 0 Å². The number of hydrogen-bond donors (Lipinski definition) is 8. The second-order valence-electron chi connectivity index (χ2n) is 10.4. The third-order valence-electron chi connectivity index (χ3n) is 7.39. The van der Waals surface area contributed by atoms with Gasteiger partial charge in [-0.05, 0) is 36.4 Å². The minimum absolute atomic E-state index is 0.361. The lowest BCUT2D eigenvalue weighted by atomic mass is 9.98. The monoisotopic (exact) mass is 609 g/mol. The van der Waals surface area contributed by atoms with Gasteiger partial charge in [0.2, 0.25) is 10.0 Å². The molecule has 0 aliphatic carbocycles. The second-order valence-corrected chi connectivity index (χ2v) is 12.2. The number of sulfonamides is 1. The number of para-hydroxylation sites is 1. The first kappa shape index (κ1) is 28.9. The molecular formula is C29H31N5O8S. The highest BCUT2D eigenvalue weighted by atomic mass is 32.2. The third kappa shape index (κ3) is 5.51. The molecule has 1 unspecified atom stereocenters. The third-order valence-corrected chi connectivity index (χ3v) is 8.00. The van der Waals surface area contributed by atoms with Crippen LogP contribution in [0.3, 0.4) is 0 Å². The van der Waals surface area contributed by atoms with Crippen molar-refractivity contribution in [2.75, 3.05) is 35.3 Å². The van der Waals surface area contributed by atoms with Crippen molar-refractivity contribution in [3.8, 4) is 5.75 Å². The number of H-pyrrole nitrogens is 1. The Labute approximate surface area is 246 Å². The predicted octanol–water partition coefficient (Wildman–Crippen LogP) is 2.20. The maximum absolute atomic E-state index is 11.7. The van der Waals surface area contributed by atoms with Crippen LogP contribution in [0.4, 0.5) is 22.7 Å². The molecule has 0 radical (unpaired) electrons. The summed E-state index contributed by atoms with van der Waals surface area (Å²) in [6.07, 6.45) is -5.45. The molecule has 5 atom stereocenters. The Hall–Kier alpha value is -4.18. The normalized spacial score (nSPS) is 22.6. The number of aliphatic hydroxyl groups is 4. The molecule has 14 heteroatoms. The fourth-order valence-electron chi connectivity index (χ4n) is 5.32. The first-order valence-electron chi connectivity index (χ1n) is 13.4. The minimum Gasteiger partial charge on any atom is -0.494 e. The molecule has 3 aromatic carbocycles. The van der Waals surface area contributed by atoms with E-state index in [1.807, 2.05) is 36.4 Å². The van der Waals surface area contributed by atoms with Crippen molar-refractivity contribution in [3.05, 3.63) is 60.7 Å². The van der Waals surface area contributed by atoms with Gasteiger partial charge in [-0.2, -0.15) is 0 Å². The SMILES string of the molecule is COc1cc(NS(C)(=O)=O)ccc1Nc1c2ccccc2nc2c1[nH]c1ccc(NC3O[C@H](CO)[C@@H](O)[C@H](O)[C@H]3O)cc12. The van der Waals surface area contributed by atoms with Crippen molar-refractivity contribution in [2.24, 2.45) is 0 Å². The van der Waals surface area contributed by atoms with Gasteiger partial charge in [0.25, 0.3) is 0 Å². The predicted molar refractivity (Wildman–Crippen MR) is 163 cm³/mol. The van der Waals surface area contributed by atoms with Crippen molar-refractivity contribution in [3.63, 3.8) is 0 Å². The zero-order valence-electron chi connectivity index (χ0n) is 23.1. The van der Waals surface area contributed by atoms with Gasteiger partial charge in [0.1, 0.15) is 30.2 Å². The maximum atomic E-state index is 11.7. The number of aliphatic hydroxyl groups excluding tert-OH is 4. The lowest BCUT2D eigenvalue weighted by molar-refractivity contribution is -0.221. The molecule has 8 N–H and O–H groups in total. The van der Waals surface area contributed by atoms with Crippen LogP contribution in [0.5, 0.6) is 5.75 Å². The lowest BCUT2D eigenvalue weighted by Gasteiger charge is -2.40. The molecule has 1 saturated heterocycles. The van der Waals surface area contributed by atoms with Gasteiger partial charge in [-0.1, -0.05) is 18.2 Å². The summed E-state index contributed by atoms with van der Waals surface area (Å²) >= 11 is 0. The van der Waals surface area contributed by atoms with Crippen molar-refractivity contribution in [2.45, 2.75) is 30.6 Å². The number of nitrogens with one attached hydrogen (secondary N) is 4. The van der Waals surface area contributed by atoms with Gasteiger partial charge >= 0.3 is 0 Å². The van der Waals surface area contributed by atoms with E-state index in [-0.39, 0.29) is 0 Å². The lowest BCUT2D eigenvalue weighted by Crippen LogP contribution is -2.60. The topological polar surface area (TPSA) is 198 Å². The van der Waals surface area contributed by atoms with E-state index in [1.165, 1.54) is 7.11 Å². The first-order chi connectivity index (χ1) is 20.6. The smallest absolute Gasteiger partial charge is 0.229 e. The van der Waals surface area contributed by atoms with Crippen LogP contribution in [0.25, 0.3) is 32.8 Å². The van der Waals surface area contributed by atoms with E-state index in [9.17, 15) is 28.8 Å². The number of aromatic nitrogens is 2. The fourth-order valence-corrected chi connectivity index (χ4v) is 5.88. The first-order valence-corrected chi connectivity index (χ1v) is 15.3. The highest BCUT2D eigenvalue weighted by Crippen LogP contribution is 2.39. The number of benzene rings is 3. The summed E-state index contributed by atoms with van der Waals surface area (Å²) in [5.74, 6) is 0.421. The molecule has 13 nitrogen and oxygen atoms in total. The molecule has 2 aromatic heterocycles. The second kappa shape index (κ2) is 11.1. The van der Waals surface area contributed by atoms with Crippen LogP contribution in [-0.2, 0) is 14.8 Å². The van der Waals surface area contributed by atoms with E-state index in [0.29, 0.717) is 33.8 Å². The molecule has 0 saturated carbocycles. The van der Waals surface area contributed by atoms with Gasteiger partial charge in [-0.15, -0.1) is 0 Å². The van der Waals surface area contributed by atoms with Crippen LogP contribution in [0, 0.1) is 0 Å². The van der Waals surface area contributed by atoms with E-state index >= 15 is 0 Å². The Morgan fingerprint density at radius 2 is 1.74 bits per heavy atom. The average molecular weight is 610 g/mol. The number of rotatable bonds is 8. The van der Waals surface area contributed by atoms with Gasteiger partial charge in [-0.3, -0.25) is 4.72 Å². The molecule has 0 spiro atoms. The zero-order valence-corrected chi connectivity index (χ0v) is 24.0. The van der Waals surface area contributed by atoms with E-state index in [1.54, 1.807) is 24.3 Å². The molecule has 3 heterocycles. The standard InChI is InChI=1S/C29H31N5O8S/c1-41-21-12-15(34-43(2,39)40)8-10-20(21)33-23-16-5-3-4-6-18(16)31-24-17-11-14(7-9-19(17)32-25(23)24)30-29-28(38)27(37)26(36)22(13-35)42-29/h3-12,22,26-30,32,34-38H,13H2,1-2H3,(H,31,33)/t22-,26-,27+,28-,29?/m1/s1. The number of nitrogens with zero attached hydrogens (tertiary/aromatic N) is 1. The number of methoxy groups -OCH3 is 1. The molecule has 5 aromatic rings. The van der Waals surface area contributed by atoms with Gasteiger partial charge in [-0.25, -0.2) is 13.4 Å². The molecule has 43 heavy (non-hydrogen) atoms. The number of pyridine rings is 1. The summed E-state index contributed by atoms with van der Waals surface area (Å²) in [4.78, 5) is 8.36. The van der Waals surface area contributed by atoms with Crippen molar-refractivity contribution < 1.29 is 38.3 Å². The van der Waals surface area contributed by atoms with Gasteiger partial charge in [0.15, 0.2) is 6.23 Å². The van der Waals surface area contributed by atoms with E-state index in [4.69, 9.17) is 14.5 Å². The van der Waals surface area contributed by atoms with E-state index < -0.39 is 47.3 Å². The summed E-state index contributed by atoms with van der Waals surface area (Å²) in [5, 5.41) is 48.4. The molecule has 226 valence electrons. The van der Waals surface area contributed by atoms with Gasteiger partial charge in [0, 0.05) is 28.0 Å². The fraction of sp³-hybridized carbons (Fsp3) is 0.276. The summed E-state index contributed by atoms with van der Waals surface area (Å²) < 4.78 is 37.1. The van der Waals surface area contributed by atoms with Crippen LogP contribution < -0.4 is 20.1 Å². The van der Waals surface area contributed by atoms with Gasteiger partial charge < -0.3 is 45.5 Å². The number of aromatic amines is 1. The summed E-state index contributed by atoms with van der Waals surface area (Å²) in [7, 11) is -1.97. The summed E-state index contributed by atoms with van der Waals surface area (Å²) in [6.45, 7) is -0.529. The van der Waals surface area contributed by atoms with Gasteiger partial charge in [0.05, 0.1) is 53.6 Å². The largest absolute Gasteiger partial charge is 0.494 e. The van der Waals surface area contributed by atoms with E-state index in [2.05, 4.69) is 20.3 Å². The number of hydrogen-bond acceptors (Lipinski definition) is 11. The van der Waals surface area contributed by atoms with E-state index in [0.717, 1.165) is 33.7 Å². The Kier molecular flexibility index (Phi) is 7.50. The van der Waals surface area contributed by atoms with Crippen LogP contribution in [-0.4, -0.2) is 89.4 Å². The number of anilines is 4. The zero-order chi connectivity index (χ0) is 30.5. The molecule has 1 aliphatic heterocycles. The highest BCUT2D eigenvalue weighted by molar-refractivity contribution is 7.92. The number of ether oxygens (including phenoxy) is 2.